The predicted octanol–water partition coefficient (Wildman–Crippen LogP) is 3.46. The molecular weight excluding hydrogens is 318 g/mol. The largest absolute Gasteiger partial charge is 0.454 e. The van der Waals surface area contributed by atoms with Crippen LogP contribution in [0.3, 0.4) is 0 Å². The molecule has 1 aliphatic heterocycles. The molecule has 2 aromatic carbocycles. The van der Waals surface area contributed by atoms with Gasteiger partial charge < -0.3 is 15.2 Å². The summed E-state index contributed by atoms with van der Waals surface area (Å²) in [6.07, 6.45) is 0.898. The molecule has 20 heavy (non-hydrogen) atoms. The van der Waals surface area contributed by atoms with E-state index < -0.39 is 0 Å². The van der Waals surface area contributed by atoms with Crippen molar-refractivity contribution in [1.82, 2.24) is 0 Å². The van der Waals surface area contributed by atoms with Gasteiger partial charge in [-0.05, 0) is 48.4 Å². The van der Waals surface area contributed by atoms with E-state index in [2.05, 4.69) is 46.3 Å². The molecule has 1 heterocycles. The van der Waals surface area contributed by atoms with Crippen molar-refractivity contribution < 1.29 is 9.47 Å². The minimum absolute atomic E-state index is 0.309. The van der Waals surface area contributed by atoms with Gasteiger partial charge in [-0.3, -0.25) is 0 Å². The summed E-state index contributed by atoms with van der Waals surface area (Å²) in [6, 6.07) is 14.4. The molecule has 2 N–H and O–H groups in total. The number of hydrogen-bond donors (Lipinski definition) is 1. The van der Waals surface area contributed by atoms with Crippen LogP contribution in [0.4, 0.5) is 0 Å². The minimum atomic E-state index is 0.309. The number of ether oxygens (including phenoxy) is 2. The van der Waals surface area contributed by atoms with E-state index in [0.29, 0.717) is 19.3 Å². The van der Waals surface area contributed by atoms with Crippen LogP contribution in [-0.4, -0.2) is 13.3 Å². The lowest BCUT2D eigenvalue weighted by molar-refractivity contribution is 0.174. The van der Waals surface area contributed by atoms with Crippen LogP contribution in [0.25, 0.3) is 0 Å². The lowest BCUT2D eigenvalue weighted by Crippen LogP contribution is -2.15. The Morgan fingerprint density at radius 1 is 1.05 bits per heavy atom. The van der Waals surface area contributed by atoms with Gasteiger partial charge in [-0.15, -0.1) is 0 Å². The normalized spacial score (nSPS) is 14.3. The Morgan fingerprint density at radius 2 is 1.80 bits per heavy atom. The number of benzene rings is 2. The minimum Gasteiger partial charge on any atom is -0.454 e. The molecule has 0 saturated heterocycles. The molecule has 0 amide bonds. The van der Waals surface area contributed by atoms with Gasteiger partial charge in [0.25, 0.3) is 0 Å². The Hall–Kier alpha value is -1.52. The highest BCUT2D eigenvalue weighted by Crippen LogP contribution is 2.34. The van der Waals surface area contributed by atoms with Crippen LogP contribution in [0.5, 0.6) is 11.5 Å². The number of fused-ring (bicyclic) bond motifs is 1. The maximum Gasteiger partial charge on any atom is 0.231 e. The van der Waals surface area contributed by atoms with E-state index in [-0.39, 0.29) is 0 Å². The maximum absolute atomic E-state index is 5.94. The fourth-order valence-corrected chi connectivity index (χ4v) is 2.69. The quantitative estimate of drug-likeness (QED) is 0.931. The molecule has 104 valence electrons. The highest BCUT2D eigenvalue weighted by atomic mass is 79.9. The molecular formula is C16H16BrNO2. The molecule has 0 aliphatic carbocycles. The van der Waals surface area contributed by atoms with Crippen molar-refractivity contribution in [2.75, 3.05) is 13.3 Å². The van der Waals surface area contributed by atoms with Crippen LogP contribution in [0.2, 0.25) is 0 Å². The molecule has 0 bridgehead atoms. The molecule has 3 rings (SSSR count). The monoisotopic (exact) mass is 333 g/mol. The zero-order chi connectivity index (χ0) is 13.9. The summed E-state index contributed by atoms with van der Waals surface area (Å²) in [7, 11) is 0. The van der Waals surface area contributed by atoms with Gasteiger partial charge in [0.05, 0.1) is 0 Å². The molecule has 0 saturated carbocycles. The van der Waals surface area contributed by atoms with E-state index in [9.17, 15) is 0 Å². The second kappa shape index (κ2) is 5.85. The fraction of sp³-hybridized carbons (Fsp3) is 0.250. The second-order valence-electron chi connectivity index (χ2n) is 4.88. The van der Waals surface area contributed by atoms with E-state index in [0.717, 1.165) is 22.4 Å². The van der Waals surface area contributed by atoms with Crippen molar-refractivity contribution in [3.05, 3.63) is 58.1 Å². The molecule has 2 aromatic rings. The van der Waals surface area contributed by atoms with Crippen molar-refractivity contribution in [3.63, 3.8) is 0 Å². The topological polar surface area (TPSA) is 44.5 Å². The van der Waals surface area contributed by atoms with Crippen LogP contribution in [0, 0.1) is 0 Å². The molecule has 4 heteroatoms. The molecule has 0 spiro atoms. The Balaban J connectivity index is 1.79. The van der Waals surface area contributed by atoms with E-state index in [1.807, 2.05) is 12.1 Å². The molecule has 1 aliphatic rings. The maximum atomic E-state index is 5.94. The summed E-state index contributed by atoms with van der Waals surface area (Å²) in [6.45, 7) is 0.932. The first-order chi connectivity index (χ1) is 9.76. The van der Waals surface area contributed by atoms with Gasteiger partial charge in [0.1, 0.15) is 0 Å². The molecule has 0 fully saturated rings. The van der Waals surface area contributed by atoms with E-state index >= 15 is 0 Å². The van der Waals surface area contributed by atoms with Gasteiger partial charge in [-0.25, -0.2) is 0 Å². The number of hydrogen-bond acceptors (Lipinski definition) is 3. The third-order valence-electron chi connectivity index (χ3n) is 3.55. The molecule has 1 atom stereocenters. The highest BCUT2D eigenvalue weighted by Gasteiger charge is 2.16. The van der Waals surface area contributed by atoms with E-state index in [4.69, 9.17) is 15.2 Å². The van der Waals surface area contributed by atoms with Crippen LogP contribution >= 0.6 is 15.9 Å². The van der Waals surface area contributed by atoms with Gasteiger partial charge in [0, 0.05) is 10.4 Å². The zero-order valence-electron chi connectivity index (χ0n) is 11.0. The number of halogens is 1. The van der Waals surface area contributed by atoms with Crippen LogP contribution in [0.15, 0.2) is 46.9 Å². The summed E-state index contributed by atoms with van der Waals surface area (Å²) in [5.74, 6) is 1.96. The van der Waals surface area contributed by atoms with Crippen molar-refractivity contribution in [2.45, 2.75) is 12.3 Å². The molecule has 1 unspecified atom stereocenters. The SMILES string of the molecule is NCC(Cc1ccc2c(c1)OCO2)c1ccc(Br)cc1. The van der Waals surface area contributed by atoms with Crippen molar-refractivity contribution in [3.8, 4) is 11.5 Å². The van der Waals surface area contributed by atoms with Crippen LogP contribution in [0.1, 0.15) is 17.0 Å². The summed E-state index contributed by atoms with van der Waals surface area (Å²) in [4.78, 5) is 0. The number of nitrogens with two attached hydrogens (primary N) is 1. The summed E-state index contributed by atoms with van der Waals surface area (Å²) < 4.78 is 11.8. The standard InChI is InChI=1S/C16H16BrNO2/c17-14-4-2-12(3-5-14)13(9-18)7-11-1-6-15-16(8-11)20-10-19-15/h1-6,8,13H,7,9-10,18H2. The van der Waals surface area contributed by atoms with Gasteiger partial charge in [-0.2, -0.15) is 0 Å². The third-order valence-corrected chi connectivity index (χ3v) is 4.07. The Morgan fingerprint density at radius 3 is 2.55 bits per heavy atom. The predicted molar refractivity (Wildman–Crippen MR) is 82.2 cm³/mol. The van der Waals surface area contributed by atoms with Gasteiger partial charge in [-0.1, -0.05) is 34.1 Å². The lowest BCUT2D eigenvalue weighted by Gasteiger charge is -2.15. The Bertz CT molecular complexity index is 598. The Labute approximate surface area is 126 Å². The third kappa shape index (κ3) is 2.81. The first kappa shape index (κ1) is 13.5. The molecule has 0 radical (unpaired) electrons. The second-order valence-corrected chi connectivity index (χ2v) is 5.79. The average molecular weight is 334 g/mol. The lowest BCUT2D eigenvalue weighted by atomic mass is 9.92. The van der Waals surface area contributed by atoms with Crippen molar-refractivity contribution in [2.24, 2.45) is 5.73 Å². The number of rotatable bonds is 4. The Kier molecular flexibility index (Phi) is 3.94. The van der Waals surface area contributed by atoms with Crippen LogP contribution < -0.4 is 15.2 Å². The first-order valence-electron chi connectivity index (χ1n) is 6.60. The van der Waals surface area contributed by atoms with Crippen LogP contribution in [-0.2, 0) is 6.42 Å². The van der Waals surface area contributed by atoms with Gasteiger partial charge >= 0.3 is 0 Å². The summed E-state index contributed by atoms with van der Waals surface area (Å²) in [5.41, 5.74) is 8.41. The summed E-state index contributed by atoms with van der Waals surface area (Å²) in [5, 5.41) is 0. The van der Waals surface area contributed by atoms with E-state index in [1.165, 1.54) is 11.1 Å². The first-order valence-corrected chi connectivity index (χ1v) is 7.39. The zero-order valence-corrected chi connectivity index (χ0v) is 12.6. The molecule has 3 nitrogen and oxygen atoms in total. The molecule has 0 aromatic heterocycles. The van der Waals surface area contributed by atoms with Gasteiger partial charge in [0.2, 0.25) is 6.79 Å². The van der Waals surface area contributed by atoms with Gasteiger partial charge in [0.15, 0.2) is 11.5 Å². The summed E-state index contributed by atoms with van der Waals surface area (Å²) >= 11 is 3.46. The average Bonchev–Trinajstić information content (AvgIpc) is 2.93. The van der Waals surface area contributed by atoms with Crippen molar-refractivity contribution >= 4 is 15.9 Å². The smallest absolute Gasteiger partial charge is 0.231 e. The highest BCUT2D eigenvalue weighted by molar-refractivity contribution is 9.10. The van der Waals surface area contributed by atoms with E-state index in [1.54, 1.807) is 0 Å². The fourth-order valence-electron chi connectivity index (χ4n) is 2.42. The van der Waals surface area contributed by atoms with Crippen molar-refractivity contribution in [1.29, 1.82) is 0 Å².